The zero-order chi connectivity index (χ0) is 17.6. The standard InChI is InChI=1S/C20H19NO4/c1-25-20(24)21-17(19(22)23)11-15-9-14-8-7-13(10-16(14)18(15)21)12-5-3-2-4-6-12/h2-8,10,15,17-18H,9,11H2,1H3,(H,22,23)/t15-,17+,18+/m1/s1. The summed E-state index contributed by atoms with van der Waals surface area (Å²) in [4.78, 5) is 25.3. The Morgan fingerprint density at radius 3 is 2.56 bits per heavy atom. The van der Waals surface area contributed by atoms with Crippen molar-refractivity contribution < 1.29 is 19.4 Å². The fourth-order valence-corrected chi connectivity index (χ4v) is 4.26. The van der Waals surface area contributed by atoms with Crippen molar-refractivity contribution in [3.8, 4) is 11.1 Å². The highest BCUT2D eigenvalue weighted by Crippen LogP contribution is 2.50. The number of carbonyl (C=O) groups is 2. The van der Waals surface area contributed by atoms with Crippen LogP contribution in [0.3, 0.4) is 0 Å². The van der Waals surface area contributed by atoms with E-state index in [0.29, 0.717) is 6.42 Å². The Hall–Kier alpha value is -2.82. The minimum Gasteiger partial charge on any atom is -0.480 e. The number of carboxylic acids is 1. The molecular weight excluding hydrogens is 318 g/mol. The molecule has 5 heteroatoms. The van der Waals surface area contributed by atoms with Crippen molar-refractivity contribution in [3.63, 3.8) is 0 Å². The Labute approximate surface area is 145 Å². The molecule has 1 aliphatic heterocycles. The minimum atomic E-state index is -0.972. The van der Waals surface area contributed by atoms with Gasteiger partial charge in [0, 0.05) is 0 Å². The van der Waals surface area contributed by atoms with Crippen LogP contribution >= 0.6 is 0 Å². The number of carbonyl (C=O) groups excluding carboxylic acids is 1. The molecule has 2 aromatic rings. The number of likely N-dealkylation sites (tertiary alicyclic amines) is 1. The number of ether oxygens (including phenoxy) is 1. The first-order valence-electron chi connectivity index (χ1n) is 8.37. The van der Waals surface area contributed by atoms with Gasteiger partial charge < -0.3 is 9.84 Å². The van der Waals surface area contributed by atoms with E-state index in [-0.39, 0.29) is 12.0 Å². The number of amides is 1. The predicted molar refractivity (Wildman–Crippen MR) is 92.1 cm³/mol. The van der Waals surface area contributed by atoms with E-state index in [1.165, 1.54) is 17.6 Å². The van der Waals surface area contributed by atoms with Gasteiger partial charge >= 0.3 is 12.1 Å². The first-order valence-corrected chi connectivity index (χ1v) is 8.37. The molecule has 1 aliphatic carbocycles. The number of hydrogen-bond acceptors (Lipinski definition) is 3. The third-order valence-electron chi connectivity index (χ3n) is 5.33. The molecule has 0 bridgehead atoms. The smallest absolute Gasteiger partial charge is 0.410 e. The molecule has 4 rings (SSSR count). The summed E-state index contributed by atoms with van der Waals surface area (Å²) >= 11 is 0. The van der Waals surface area contributed by atoms with Crippen molar-refractivity contribution in [1.29, 1.82) is 0 Å². The highest BCUT2D eigenvalue weighted by molar-refractivity contribution is 5.82. The van der Waals surface area contributed by atoms with Crippen LogP contribution in [-0.4, -0.2) is 35.2 Å². The number of carboxylic acid groups (broad SMARTS) is 1. The number of hydrogen-bond donors (Lipinski definition) is 1. The monoisotopic (exact) mass is 337 g/mol. The molecule has 25 heavy (non-hydrogen) atoms. The third kappa shape index (κ3) is 2.47. The van der Waals surface area contributed by atoms with Gasteiger partial charge in [0.1, 0.15) is 6.04 Å². The highest BCUT2D eigenvalue weighted by atomic mass is 16.5. The zero-order valence-corrected chi connectivity index (χ0v) is 13.9. The number of fused-ring (bicyclic) bond motifs is 3. The van der Waals surface area contributed by atoms with Crippen LogP contribution in [0.4, 0.5) is 4.79 Å². The van der Waals surface area contributed by atoms with Crippen LogP contribution in [-0.2, 0) is 16.0 Å². The molecule has 1 heterocycles. The number of nitrogens with zero attached hydrogens (tertiary/aromatic N) is 1. The van der Waals surface area contributed by atoms with Gasteiger partial charge in [0.25, 0.3) is 0 Å². The maximum Gasteiger partial charge on any atom is 0.410 e. The van der Waals surface area contributed by atoms with Gasteiger partial charge in [-0.05, 0) is 47.1 Å². The van der Waals surface area contributed by atoms with Crippen LogP contribution in [0, 0.1) is 5.92 Å². The zero-order valence-electron chi connectivity index (χ0n) is 13.9. The van der Waals surface area contributed by atoms with Gasteiger partial charge in [-0.3, -0.25) is 4.90 Å². The Morgan fingerprint density at radius 1 is 1.12 bits per heavy atom. The summed E-state index contributed by atoms with van der Waals surface area (Å²) in [5, 5.41) is 9.51. The van der Waals surface area contributed by atoms with Gasteiger partial charge in [0.05, 0.1) is 13.2 Å². The molecule has 5 nitrogen and oxygen atoms in total. The number of aliphatic carboxylic acids is 1. The molecule has 0 spiro atoms. The quantitative estimate of drug-likeness (QED) is 0.911. The molecule has 0 aromatic heterocycles. The second-order valence-corrected chi connectivity index (χ2v) is 6.66. The Kier molecular flexibility index (Phi) is 3.71. The molecule has 1 fully saturated rings. The van der Waals surface area contributed by atoms with E-state index in [1.807, 2.05) is 30.3 Å². The molecule has 1 amide bonds. The molecule has 3 atom stereocenters. The van der Waals surface area contributed by atoms with Gasteiger partial charge in [0.15, 0.2) is 0 Å². The summed E-state index contributed by atoms with van der Waals surface area (Å²) < 4.78 is 4.88. The second-order valence-electron chi connectivity index (χ2n) is 6.66. The molecular formula is C20H19NO4. The Balaban J connectivity index is 1.77. The highest BCUT2D eigenvalue weighted by Gasteiger charge is 2.51. The van der Waals surface area contributed by atoms with Gasteiger partial charge in [-0.1, -0.05) is 42.5 Å². The first-order chi connectivity index (χ1) is 12.1. The van der Waals surface area contributed by atoms with Gasteiger partial charge in [-0.15, -0.1) is 0 Å². The second kappa shape index (κ2) is 5.92. The lowest BCUT2D eigenvalue weighted by molar-refractivity contribution is -0.142. The number of benzene rings is 2. The molecule has 0 saturated carbocycles. The van der Waals surface area contributed by atoms with Crippen LogP contribution < -0.4 is 0 Å². The molecule has 1 N–H and O–H groups in total. The maximum absolute atomic E-state index is 12.3. The largest absolute Gasteiger partial charge is 0.480 e. The molecule has 1 saturated heterocycles. The Morgan fingerprint density at radius 2 is 1.88 bits per heavy atom. The van der Waals surface area contributed by atoms with Crippen LogP contribution in [0.5, 0.6) is 0 Å². The number of rotatable bonds is 2. The summed E-state index contributed by atoms with van der Waals surface area (Å²) in [5.41, 5.74) is 4.41. The lowest BCUT2D eigenvalue weighted by Crippen LogP contribution is -2.41. The van der Waals surface area contributed by atoms with Crippen LogP contribution in [0.25, 0.3) is 11.1 Å². The van der Waals surface area contributed by atoms with Gasteiger partial charge in [-0.2, -0.15) is 0 Å². The van der Waals surface area contributed by atoms with E-state index >= 15 is 0 Å². The molecule has 128 valence electrons. The fourth-order valence-electron chi connectivity index (χ4n) is 4.26. The van der Waals surface area contributed by atoms with Crippen LogP contribution in [0.2, 0.25) is 0 Å². The molecule has 2 aromatic carbocycles. The first kappa shape index (κ1) is 15.7. The van der Waals surface area contributed by atoms with E-state index in [4.69, 9.17) is 4.74 Å². The lowest BCUT2D eigenvalue weighted by Gasteiger charge is -2.27. The summed E-state index contributed by atoms with van der Waals surface area (Å²) in [6.07, 6.45) is 0.689. The van der Waals surface area contributed by atoms with Crippen molar-refractivity contribution in [2.45, 2.75) is 24.9 Å². The topological polar surface area (TPSA) is 66.8 Å². The van der Waals surface area contributed by atoms with Crippen molar-refractivity contribution in [2.24, 2.45) is 5.92 Å². The van der Waals surface area contributed by atoms with E-state index in [1.54, 1.807) is 0 Å². The molecule has 2 aliphatic rings. The minimum absolute atomic E-state index is 0.126. The number of methoxy groups -OCH3 is 1. The summed E-state index contributed by atoms with van der Waals surface area (Å²) in [7, 11) is 1.30. The van der Waals surface area contributed by atoms with Gasteiger partial charge in [-0.25, -0.2) is 9.59 Å². The van der Waals surface area contributed by atoms with Gasteiger partial charge in [0.2, 0.25) is 0 Å². The van der Waals surface area contributed by atoms with Crippen molar-refractivity contribution in [1.82, 2.24) is 4.90 Å². The summed E-state index contributed by atoms with van der Waals surface area (Å²) in [6.45, 7) is 0. The van der Waals surface area contributed by atoms with Crippen molar-refractivity contribution >= 4 is 12.1 Å². The van der Waals surface area contributed by atoms with E-state index in [0.717, 1.165) is 23.1 Å². The fraction of sp³-hybridized carbons (Fsp3) is 0.300. The average Bonchev–Trinajstić information content (AvgIpc) is 3.17. The van der Waals surface area contributed by atoms with Crippen molar-refractivity contribution in [2.75, 3.05) is 7.11 Å². The summed E-state index contributed by atoms with van der Waals surface area (Å²) in [5.74, 6) is -0.846. The molecule has 0 unspecified atom stereocenters. The normalized spacial score (nSPS) is 23.9. The van der Waals surface area contributed by atoms with Crippen LogP contribution in [0.15, 0.2) is 48.5 Å². The predicted octanol–water partition coefficient (Wildman–Crippen LogP) is 3.49. The lowest BCUT2D eigenvalue weighted by atomic mass is 9.98. The Bertz CT molecular complexity index is 833. The van der Waals surface area contributed by atoms with E-state index < -0.39 is 18.1 Å². The third-order valence-corrected chi connectivity index (χ3v) is 5.33. The molecule has 0 radical (unpaired) electrons. The van der Waals surface area contributed by atoms with E-state index in [9.17, 15) is 14.7 Å². The van der Waals surface area contributed by atoms with Crippen molar-refractivity contribution in [3.05, 3.63) is 59.7 Å². The maximum atomic E-state index is 12.3. The average molecular weight is 337 g/mol. The summed E-state index contributed by atoms with van der Waals surface area (Å²) in [6, 6.07) is 15.3. The van der Waals surface area contributed by atoms with Crippen LogP contribution in [0.1, 0.15) is 23.6 Å². The SMILES string of the molecule is COC(=O)N1[C@@H]2c3cc(-c4ccccc4)ccc3C[C@@H]2C[C@H]1C(=O)O. The van der Waals surface area contributed by atoms with E-state index in [2.05, 4.69) is 18.2 Å².